The second-order valence-corrected chi connectivity index (χ2v) is 12.6. The van der Waals surface area contributed by atoms with E-state index < -0.39 is 6.04 Å². The van der Waals surface area contributed by atoms with E-state index in [-0.39, 0.29) is 36.4 Å². The van der Waals surface area contributed by atoms with Crippen LogP contribution in [-0.2, 0) is 28.0 Å². The summed E-state index contributed by atoms with van der Waals surface area (Å²) in [4.78, 5) is 29.1. The van der Waals surface area contributed by atoms with Crippen LogP contribution in [-0.4, -0.2) is 35.4 Å². The Labute approximate surface area is 249 Å². The lowest BCUT2D eigenvalue weighted by molar-refractivity contribution is -0.143. The third-order valence-corrected chi connectivity index (χ3v) is 7.84. The van der Waals surface area contributed by atoms with Crippen LogP contribution in [0.1, 0.15) is 57.7 Å². The van der Waals surface area contributed by atoms with Crippen molar-refractivity contribution in [1.82, 2.24) is 10.2 Å². The fourth-order valence-corrected chi connectivity index (χ4v) is 4.85. The maximum absolute atomic E-state index is 13.8. The lowest BCUT2D eigenvalue weighted by atomic mass is 9.87. The highest BCUT2D eigenvalue weighted by atomic mass is 79.9. The molecule has 2 atom stereocenters. The smallest absolute Gasteiger partial charge is 0.261 e. The van der Waals surface area contributed by atoms with Gasteiger partial charge in [0.05, 0.1) is 4.47 Å². The first kappa shape index (κ1) is 30.9. The standard InChI is InChI=1S/C32H38Br2N2O3/c1-6-22(2)35-31(38)28(18-23-10-8-7-9-11-23)36(20-24-12-15-26(33)16-13-24)30(37)21-39-29-17-14-25(19-27(29)34)32(3,4)5/h7-17,19,22,28H,6,18,20-21H2,1-5H3,(H,35,38)/t22-,28-/m1/s1. The Morgan fingerprint density at radius 3 is 2.21 bits per heavy atom. The topological polar surface area (TPSA) is 58.6 Å². The van der Waals surface area contributed by atoms with Crippen LogP contribution >= 0.6 is 31.9 Å². The van der Waals surface area contributed by atoms with E-state index in [4.69, 9.17) is 4.74 Å². The van der Waals surface area contributed by atoms with Crippen LogP contribution in [0.4, 0.5) is 0 Å². The second-order valence-electron chi connectivity index (χ2n) is 10.9. The number of benzene rings is 3. The molecule has 0 saturated carbocycles. The van der Waals surface area contributed by atoms with Gasteiger partial charge in [0.25, 0.3) is 5.91 Å². The molecule has 0 saturated heterocycles. The SMILES string of the molecule is CC[C@@H](C)NC(=O)[C@@H](Cc1ccccc1)N(Cc1ccc(Br)cc1)C(=O)COc1ccc(C(C)(C)C)cc1Br. The molecule has 3 aromatic carbocycles. The number of amides is 2. The summed E-state index contributed by atoms with van der Waals surface area (Å²) in [5.41, 5.74) is 3.06. The molecule has 0 aliphatic heterocycles. The van der Waals surface area contributed by atoms with Crippen molar-refractivity contribution >= 4 is 43.7 Å². The minimum absolute atomic E-state index is 0.00561. The Bertz CT molecular complexity index is 1240. The zero-order chi connectivity index (χ0) is 28.6. The normalized spacial score (nSPS) is 12.9. The minimum Gasteiger partial charge on any atom is -0.483 e. The Balaban J connectivity index is 1.91. The van der Waals surface area contributed by atoms with Crippen LogP contribution in [0.15, 0.2) is 81.7 Å². The molecule has 0 aliphatic rings. The highest BCUT2D eigenvalue weighted by molar-refractivity contribution is 9.10. The summed E-state index contributed by atoms with van der Waals surface area (Å²) >= 11 is 7.08. The summed E-state index contributed by atoms with van der Waals surface area (Å²) in [5.74, 6) is 0.155. The van der Waals surface area contributed by atoms with E-state index in [1.165, 1.54) is 0 Å². The summed E-state index contributed by atoms with van der Waals surface area (Å²) in [6, 6.07) is 22.8. The number of hydrogen-bond donors (Lipinski definition) is 1. The molecule has 3 rings (SSSR count). The molecule has 5 nitrogen and oxygen atoms in total. The van der Waals surface area contributed by atoms with Gasteiger partial charge in [-0.15, -0.1) is 0 Å². The second kappa shape index (κ2) is 14.1. The summed E-state index contributed by atoms with van der Waals surface area (Å²) < 4.78 is 7.75. The lowest BCUT2D eigenvalue weighted by Gasteiger charge is -2.32. The van der Waals surface area contributed by atoms with Gasteiger partial charge in [0.2, 0.25) is 5.91 Å². The van der Waals surface area contributed by atoms with Gasteiger partial charge in [0.1, 0.15) is 11.8 Å². The van der Waals surface area contributed by atoms with E-state index in [0.29, 0.717) is 12.2 Å². The van der Waals surface area contributed by atoms with E-state index in [0.717, 1.165) is 32.1 Å². The summed E-state index contributed by atoms with van der Waals surface area (Å²) in [6.45, 7) is 10.5. The molecule has 0 spiro atoms. The number of carbonyl (C=O) groups is 2. The fraction of sp³-hybridized carbons (Fsp3) is 0.375. The molecule has 7 heteroatoms. The average molecular weight is 658 g/mol. The van der Waals surface area contributed by atoms with Crippen molar-refractivity contribution < 1.29 is 14.3 Å². The van der Waals surface area contributed by atoms with Crippen LogP contribution in [0.2, 0.25) is 0 Å². The van der Waals surface area contributed by atoms with Gasteiger partial charge in [-0.3, -0.25) is 9.59 Å². The van der Waals surface area contributed by atoms with Gasteiger partial charge < -0.3 is 15.0 Å². The van der Waals surface area contributed by atoms with Gasteiger partial charge in [-0.05, 0) is 75.6 Å². The third-order valence-electron chi connectivity index (χ3n) is 6.69. The average Bonchev–Trinajstić information content (AvgIpc) is 2.90. The van der Waals surface area contributed by atoms with Gasteiger partial charge >= 0.3 is 0 Å². The van der Waals surface area contributed by atoms with Crippen LogP contribution in [0.3, 0.4) is 0 Å². The van der Waals surface area contributed by atoms with E-state index in [1.54, 1.807) is 4.90 Å². The van der Waals surface area contributed by atoms with Crippen molar-refractivity contribution in [2.24, 2.45) is 0 Å². The summed E-state index contributed by atoms with van der Waals surface area (Å²) in [7, 11) is 0. The largest absolute Gasteiger partial charge is 0.483 e. The van der Waals surface area contributed by atoms with Gasteiger partial charge in [-0.25, -0.2) is 0 Å². The van der Waals surface area contributed by atoms with Crippen LogP contribution < -0.4 is 10.1 Å². The lowest BCUT2D eigenvalue weighted by Crippen LogP contribution is -2.53. The maximum Gasteiger partial charge on any atom is 0.261 e. The van der Waals surface area contributed by atoms with Gasteiger partial charge in [0.15, 0.2) is 6.61 Å². The molecule has 0 bridgehead atoms. The van der Waals surface area contributed by atoms with E-state index in [2.05, 4.69) is 57.9 Å². The maximum atomic E-state index is 13.8. The predicted molar refractivity (Wildman–Crippen MR) is 165 cm³/mol. The first-order chi connectivity index (χ1) is 18.5. The molecule has 2 amide bonds. The molecule has 0 fully saturated rings. The monoisotopic (exact) mass is 656 g/mol. The number of nitrogens with one attached hydrogen (secondary N) is 1. The highest BCUT2D eigenvalue weighted by Gasteiger charge is 2.31. The van der Waals surface area contributed by atoms with Crippen molar-refractivity contribution in [2.45, 2.75) is 71.5 Å². The summed E-state index contributed by atoms with van der Waals surface area (Å²) in [5, 5.41) is 3.09. The molecule has 0 aliphatic carbocycles. The Kier molecular flexibility index (Phi) is 11.2. The number of rotatable bonds is 11. The molecular formula is C32H38Br2N2O3. The first-order valence-electron chi connectivity index (χ1n) is 13.3. The number of nitrogens with zero attached hydrogens (tertiary/aromatic N) is 1. The first-order valence-corrected chi connectivity index (χ1v) is 14.9. The molecule has 3 aromatic rings. The Hall–Kier alpha value is -2.64. The highest BCUT2D eigenvalue weighted by Crippen LogP contribution is 2.31. The van der Waals surface area contributed by atoms with Crippen molar-refractivity contribution in [2.75, 3.05) is 6.61 Å². The van der Waals surface area contributed by atoms with Crippen LogP contribution in [0, 0.1) is 0 Å². The quantitative estimate of drug-likeness (QED) is 0.233. The molecule has 39 heavy (non-hydrogen) atoms. The van der Waals surface area contributed by atoms with E-state index in [1.807, 2.05) is 86.6 Å². The number of carbonyl (C=O) groups excluding carboxylic acids is 2. The van der Waals surface area contributed by atoms with E-state index in [9.17, 15) is 9.59 Å². The molecule has 208 valence electrons. The number of hydrogen-bond acceptors (Lipinski definition) is 3. The zero-order valence-corrected chi connectivity index (χ0v) is 26.5. The molecule has 0 unspecified atom stereocenters. The van der Waals surface area contributed by atoms with Crippen molar-refractivity contribution in [3.63, 3.8) is 0 Å². The Morgan fingerprint density at radius 2 is 1.62 bits per heavy atom. The van der Waals surface area contributed by atoms with Crippen LogP contribution in [0.5, 0.6) is 5.75 Å². The molecule has 1 N–H and O–H groups in total. The zero-order valence-electron chi connectivity index (χ0n) is 23.3. The number of ether oxygens (including phenoxy) is 1. The van der Waals surface area contributed by atoms with Crippen molar-refractivity contribution in [1.29, 1.82) is 0 Å². The van der Waals surface area contributed by atoms with Gasteiger partial charge in [0, 0.05) is 23.5 Å². The fourth-order valence-electron chi connectivity index (χ4n) is 4.09. The minimum atomic E-state index is -0.701. The number of halogens is 2. The summed E-state index contributed by atoms with van der Waals surface area (Å²) in [6.07, 6.45) is 1.20. The Morgan fingerprint density at radius 1 is 0.949 bits per heavy atom. The molecule has 0 heterocycles. The van der Waals surface area contributed by atoms with Gasteiger partial charge in [-0.1, -0.05) is 92.2 Å². The third kappa shape index (κ3) is 9.21. The molecule has 0 radical (unpaired) electrons. The van der Waals surface area contributed by atoms with Gasteiger partial charge in [-0.2, -0.15) is 0 Å². The van der Waals surface area contributed by atoms with Crippen molar-refractivity contribution in [3.05, 3.63) is 98.4 Å². The molecular weight excluding hydrogens is 620 g/mol. The van der Waals surface area contributed by atoms with E-state index >= 15 is 0 Å². The van der Waals surface area contributed by atoms with Crippen LogP contribution in [0.25, 0.3) is 0 Å². The van der Waals surface area contributed by atoms with Crippen molar-refractivity contribution in [3.8, 4) is 5.75 Å². The molecule has 0 aromatic heterocycles. The predicted octanol–water partition coefficient (Wildman–Crippen LogP) is 7.44.